The molecule has 12 heavy (non-hydrogen) atoms. The van der Waals surface area contributed by atoms with Crippen molar-refractivity contribution in [3.8, 4) is 5.75 Å². The summed E-state index contributed by atoms with van der Waals surface area (Å²) in [6.07, 6.45) is 0. The average Bonchev–Trinajstić information content (AvgIpc) is 2.04. The number of hydrogen-bond acceptors (Lipinski definition) is 1. The van der Waals surface area contributed by atoms with Crippen LogP contribution in [0.25, 0.3) is 10.8 Å². The van der Waals surface area contributed by atoms with Gasteiger partial charge in [0, 0.05) is 16.8 Å². The summed E-state index contributed by atoms with van der Waals surface area (Å²) >= 11 is 0. The summed E-state index contributed by atoms with van der Waals surface area (Å²) in [5.74, 6) is 0.323. The van der Waals surface area contributed by atoms with E-state index >= 15 is 0 Å². The number of rotatable bonds is 0. The Morgan fingerprint density at radius 1 is 0.833 bits per heavy atom. The molecule has 0 atom stereocenters. The first-order valence-corrected chi connectivity index (χ1v) is 3.54. The van der Waals surface area contributed by atoms with Crippen molar-refractivity contribution in [2.45, 2.75) is 0 Å². The van der Waals surface area contributed by atoms with Gasteiger partial charge in [-0.2, -0.15) is 0 Å². The third-order valence-electron chi connectivity index (χ3n) is 1.73. The Balaban J connectivity index is 0.000000720. The quantitative estimate of drug-likeness (QED) is 0.697. The normalized spacial score (nSPS) is 9.33. The molecular weight excluding hydrogens is 195 g/mol. The van der Waals surface area contributed by atoms with Gasteiger partial charge in [0.05, 0.1) is 0 Å². The van der Waals surface area contributed by atoms with E-state index in [4.69, 9.17) is 5.11 Å². The predicted octanol–water partition coefficient (Wildman–Crippen LogP) is 2.54. The number of fused-ring (bicyclic) bond motifs is 1. The predicted molar refractivity (Wildman–Crippen MR) is 45.6 cm³/mol. The van der Waals surface area contributed by atoms with Crippen LogP contribution in [0.15, 0.2) is 42.5 Å². The molecule has 0 heterocycles. The first-order chi connectivity index (χ1) is 5.36. The number of benzene rings is 2. The maximum Gasteiger partial charge on any atom is 0.116 e. The maximum absolute atomic E-state index is 9.13. The Morgan fingerprint density at radius 2 is 1.50 bits per heavy atom. The molecule has 0 aliphatic carbocycles. The summed E-state index contributed by atoms with van der Waals surface area (Å²) in [7, 11) is 0. The summed E-state index contributed by atoms with van der Waals surface area (Å²) in [6, 6.07) is 13.3. The van der Waals surface area contributed by atoms with E-state index < -0.39 is 0 Å². The van der Waals surface area contributed by atoms with Gasteiger partial charge in [0.2, 0.25) is 0 Å². The van der Waals surface area contributed by atoms with E-state index in [1.165, 1.54) is 0 Å². The summed E-state index contributed by atoms with van der Waals surface area (Å²) < 4.78 is 0. The van der Waals surface area contributed by atoms with E-state index in [9.17, 15) is 0 Å². The summed E-state index contributed by atoms with van der Waals surface area (Å²) in [4.78, 5) is 0. The Bertz CT molecular complexity index is 384. The minimum atomic E-state index is 0. The minimum absolute atomic E-state index is 0. The summed E-state index contributed by atoms with van der Waals surface area (Å²) in [5.41, 5.74) is 0. The van der Waals surface area contributed by atoms with Crippen LogP contribution in [0.4, 0.5) is 0 Å². The van der Waals surface area contributed by atoms with Crippen LogP contribution in [0.5, 0.6) is 5.75 Å². The summed E-state index contributed by atoms with van der Waals surface area (Å²) in [6.45, 7) is 0. The fourth-order valence-corrected chi connectivity index (χ4v) is 1.18. The number of phenols is 1. The van der Waals surface area contributed by atoms with Crippen LogP contribution in [0, 0.1) is 0 Å². The van der Waals surface area contributed by atoms with Crippen molar-refractivity contribution in [2.24, 2.45) is 0 Å². The molecular formula is C10H8CoO. The Kier molecular flexibility index (Phi) is 2.73. The molecule has 0 saturated heterocycles. The Hall–Kier alpha value is -0.994. The molecule has 2 aromatic rings. The zero-order valence-electron chi connectivity index (χ0n) is 6.32. The molecule has 2 heteroatoms. The van der Waals surface area contributed by atoms with Gasteiger partial charge in [0.1, 0.15) is 5.75 Å². The van der Waals surface area contributed by atoms with E-state index in [0.29, 0.717) is 5.75 Å². The first kappa shape index (κ1) is 9.10. The standard InChI is InChI=1S/C10H8O.Co/c11-10-6-5-8-3-1-2-4-9(8)7-10;/h1-7,11H;. The van der Waals surface area contributed by atoms with Crippen molar-refractivity contribution >= 4 is 10.8 Å². The molecule has 0 aliphatic rings. The third-order valence-corrected chi connectivity index (χ3v) is 1.73. The van der Waals surface area contributed by atoms with Gasteiger partial charge in [-0.1, -0.05) is 30.3 Å². The second kappa shape index (κ2) is 3.60. The molecule has 0 amide bonds. The Morgan fingerprint density at radius 3 is 2.25 bits per heavy atom. The molecule has 2 aromatic carbocycles. The third kappa shape index (κ3) is 1.60. The van der Waals surface area contributed by atoms with Crippen LogP contribution in [0.3, 0.4) is 0 Å². The van der Waals surface area contributed by atoms with Gasteiger partial charge in [-0.05, 0) is 22.9 Å². The van der Waals surface area contributed by atoms with Gasteiger partial charge in [0.25, 0.3) is 0 Å². The average molecular weight is 203 g/mol. The van der Waals surface area contributed by atoms with Gasteiger partial charge < -0.3 is 5.11 Å². The first-order valence-electron chi connectivity index (χ1n) is 3.54. The van der Waals surface area contributed by atoms with E-state index in [1.807, 2.05) is 30.3 Å². The molecule has 63 valence electrons. The molecule has 0 saturated carbocycles. The van der Waals surface area contributed by atoms with Crippen molar-refractivity contribution in [1.29, 1.82) is 0 Å². The maximum atomic E-state index is 9.13. The molecule has 1 radical (unpaired) electrons. The van der Waals surface area contributed by atoms with Crippen molar-refractivity contribution in [2.75, 3.05) is 0 Å². The number of hydrogen-bond donors (Lipinski definition) is 1. The molecule has 0 unspecified atom stereocenters. The van der Waals surface area contributed by atoms with Crippen molar-refractivity contribution in [1.82, 2.24) is 0 Å². The summed E-state index contributed by atoms with van der Waals surface area (Å²) in [5, 5.41) is 11.4. The van der Waals surface area contributed by atoms with Crippen LogP contribution >= 0.6 is 0 Å². The second-order valence-corrected chi connectivity index (χ2v) is 2.53. The fourth-order valence-electron chi connectivity index (χ4n) is 1.18. The minimum Gasteiger partial charge on any atom is -0.508 e. The van der Waals surface area contributed by atoms with Crippen molar-refractivity contribution in [3.63, 3.8) is 0 Å². The molecule has 0 aromatic heterocycles. The van der Waals surface area contributed by atoms with Gasteiger partial charge in [0.15, 0.2) is 0 Å². The zero-order chi connectivity index (χ0) is 7.68. The van der Waals surface area contributed by atoms with Gasteiger partial charge in [-0.25, -0.2) is 0 Å². The molecule has 0 fully saturated rings. The van der Waals surface area contributed by atoms with Crippen LogP contribution < -0.4 is 0 Å². The second-order valence-electron chi connectivity index (χ2n) is 2.53. The van der Waals surface area contributed by atoms with Gasteiger partial charge >= 0.3 is 0 Å². The zero-order valence-corrected chi connectivity index (χ0v) is 7.36. The molecule has 0 aliphatic heterocycles. The molecule has 1 N–H and O–H groups in total. The van der Waals surface area contributed by atoms with Crippen molar-refractivity contribution < 1.29 is 21.9 Å². The topological polar surface area (TPSA) is 20.2 Å². The van der Waals surface area contributed by atoms with Crippen LogP contribution in [0.1, 0.15) is 0 Å². The molecule has 2 rings (SSSR count). The van der Waals surface area contributed by atoms with E-state index in [-0.39, 0.29) is 16.8 Å². The van der Waals surface area contributed by atoms with Crippen LogP contribution in [-0.2, 0) is 16.8 Å². The SMILES string of the molecule is Oc1ccc2ccccc2c1.[Co]. The monoisotopic (exact) mass is 203 g/mol. The Labute approximate surface area is 81.2 Å². The van der Waals surface area contributed by atoms with Gasteiger partial charge in [-0.3, -0.25) is 0 Å². The fraction of sp³-hybridized carbons (Fsp3) is 0. The molecule has 0 spiro atoms. The van der Waals surface area contributed by atoms with Crippen LogP contribution in [0.2, 0.25) is 0 Å². The number of phenolic OH excluding ortho intramolecular Hbond substituents is 1. The van der Waals surface area contributed by atoms with E-state index in [1.54, 1.807) is 12.1 Å². The molecule has 0 bridgehead atoms. The molecule has 1 nitrogen and oxygen atoms in total. The largest absolute Gasteiger partial charge is 0.508 e. The smallest absolute Gasteiger partial charge is 0.116 e. The van der Waals surface area contributed by atoms with Crippen molar-refractivity contribution in [3.05, 3.63) is 42.5 Å². The van der Waals surface area contributed by atoms with E-state index in [2.05, 4.69) is 0 Å². The van der Waals surface area contributed by atoms with Crippen LogP contribution in [-0.4, -0.2) is 5.11 Å². The van der Waals surface area contributed by atoms with Gasteiger partial charge in [-0.15, -0.1) is 0 Å². The van der Waals surface area contributed by atoms with E-state index in [0.717, 1.165) is 10.8 Å². The number of aromatic hydroxyl groups is 1.